The van der Waals surface area contributed by atoms with E-state index in [0.717, 1.165) is 29.9 Å². The number of amides is 1. The van der Waals surface area contributed by atoms with E-state index in [1.165, 1.54) is 4.57 Å². The van der Waals surface area contributed by atoms with Crippen molar-refractivity contribution in [3.05, 3.63) is 20.7 Å². The SMILES string of the molecule is Cc1csc(=O)n1CC(=O)NCC1(O)CCC(C)(C)CC1. The molecule has 1 amide bonds. The molecule has 0 aromatic carbocycles. The molecule has 0 spiro atoms. The van der Waals surface area contributed by atoms with Gasteiger partial charge in [0, 0.05) is 17.6 Å². The van der Waals surface area contributed by atoms with Gasteiger partial charge in [-0.3, -0.25) is 14.2 Å². The van der Waals surface area contributed by atoms with Gasteiger partial charge in [-0.1, -0.05) is 25.2 Å². The Balaban J connectivity index is 1.86. The second-order valence-electron chi connectivity index (χ2n) is 6.89. The summed E-state index contributed by atoms with van der Waals surface area (Å²) in [5, 5.41) is 15.0. The molecule has 0 atom stereocenters. The second kappa shape index (κ2) is 5.93. The molecule has 1 aromatic rings. The van der Waals surface area contributed by atoms with Gasteiger partial charge in [0.1, 0.15) is 6.54 Å². The molecule has 0 bridgehead atoms. The van der Waals surface area contributed by atoms with E-state index < -0.39 is 5.60 Å². The third-order valence-electron chi connectivity index (χ3n) is 4.43. The molecular weight excluding hydrogens is 288 g/mol. The number of aryl methyl sites for hydroxylation is 1. The van der Waals surface area contributed by atoms with Gasteiger partial charge in [0.25, 0.3) is 0 Å². The Labute approximate surface area is 129 Å². The molecule has 2 rings (SSSR count). The molecule has 0 unspecified atom stereocenters. The number of aliphatic hydroxyl groups is 1. The first kappa shape index (κ1) is 16.2. The van der Waals surface area contributed by atoms with E-state index in [4.69, 9.17) is 0 Å². The minimum absolute atomic E-state index is 0.0236. The average Bonchev–Trinajstić information content (AvgIpc) is 2.73. The quantitative estimate of drug-likeness (QED) is 0.888. The number of rotatable bonds is 4. The Morgan fingerprint density at radius 3 is 2.52 bits per heavy atom. The number of thiazole rings is 1. The minimum atomic E-state index is -0.806. The first-order valence-corrected chi connectivity index (χ1v) is 8.23. The lowest BCUT2D eigenvalue weighted by molar-refractivity contribution is -0.123. The molecule has 21 heavy (non-hydrogen) atoms. The summed E-state index contributed by atoms with van der Waals surface area (Å²) in [5.74, 6) is -0.225. The molecule has 0 saturated heterocycles. The van der Waals surface area contributed by atoms with Crippen molar-refractivity contribution in [1.29, 1.82) is 0 Å². The van der Waals surface area contributed by atoms with Crippen LogP contribution in [0.5, 0.6) is 0 Å². The van der Waals surface area contributed by atoms with Crippen molar-refractivity contribution in [2.75, 3.05) is 6.54 Å². The fourth-order valence-electron chi connectivity index (χ4n) is 2.63. The van der Waals surface area contributed by atoms with Gasteiger partial charge in [-0.15, -0.1) is 0 Å². The lowest BCUT2D eigenvalue weighted by Gasteiger charge is -2.40. The van der Waals surface area contributed by atoms with Crippen molar-refractivity contribution in [3.63, 3.8) is 0 Å². The van der Waals surface area contributed by atoms with Crippen LogP contribution < -0.4 is 10.2 Å². The molecule has 1 aliphatic carbocycles. The minimum Gasteiger partial charge on any atom is -0.388 e. The van der Waals surface area contributed by atoms with Crippen molar-refractivity contribution in [3.8, 4) is 0 Å². The van der Waals surface area contributed by atoms with Crippen molar-refractivity contribution in [1.82, 2.24) is 9.88 Å². The van der Waals surface area contributed by atoms with E-state index in [9.17, 15) is 14.7 Å². The lowest BCUT2D eigenvalue weighted by Crippen LogP contribution is -2.47. The first-order chi connectivity index (χ1) is 9.71. The molecule has 1 heterocycles. The van der Waals surface area contributed by atoms with E-state index in [2.05, 4.69) is 19.2 Å². The zero-order chi connectivity index (χ0) is 15.7. The first-order valence-electron chi connectivity index (χ1n) is 7.35. The number of hydrogen-bond donors (Lipinski definition) is 2. The Morgan fingerprint density at radius 2 is 2.00 bits per heavy atom. The largest absolute Gasteiger partial charge is 0.388 e. The molecule has 1 fully saturated rings. The maximum atomic E-state index is 11.9. The van der Waals surface area contributed by atoms with Gasteiger partial charge in [-0.2, -0.15) is 0 Å². The highest BCUT2D eigenvalue weighted by Gasteiger charge is 2.36. The van der Waals surface area contributed by atoms with Crippen LogP contribution in [0.15, 0.2) is 10.2 Å². The van der Waals surface area contributed by atoms with Gasteiger partial charge in [-0.25, -0.2) is 0 Å². The highest BCUT2D eigenvalue weighted by Crippen LogP contribution is 2.39. The third-order valence-corrected chi connectivity index (χ3v) is 5.31. The molecule has 1 saturated carbocycles. The summed E-state index contributed by atoms with van der Waals surface area (Å²) in [6, 6.07) is 0. The molecule has 5 nitrogen and oxygen atoms in total. The van der Waals surface area contributed by atoms with Crippen LogP contribution in [-0.4, -0.2) is 27.7 Å². The number of hydrogen-bond acceptors (Lipinski definition) is 4. The van der Waals surface area contributed by atoms with Gasteiger partial charge in [0.2, 0.25) is 5.91 Å². The van der Waals surface area contributed by atoms with Crippen molar-refractivity contribution in [2.45, 2.75) is 58.6 Å². The molecular formula is C15H24N2O3S. The summed E-state index contributed by atoms with van der Waals surface area (Å²) in [7, 11) is 0. The standard InChI is InChI=1S/C15H24N2O3S/c1-11-9-21-13(19)17(11)8-12(18)16-10-15(20)6-4-14(2,3)5-7-15/h9,20H,4-8,10H2,1-3H3,(H,16,18). The number of nitrogens with one attached hydrogen (secondary N) is 1. The zero-order valence-electron chi connectivity index (χ0n) is 12.9. The average molecular weight is 312 g/mol. The van der Waals surface area contributed by atoms with E-state index in [0.29, 0.717) is 12.8 Å². The number of carbonyl (C=O) groups is 1. The molecule has 2 N–H and O–H groups in total. The Bertz CT molecular complexity index is 564. The van der Waals surface area contributed by atoms with Gasteiger partial charge in [0.05, 0.1) is 5.60 Å². The highest BCUT2D eigenvalue weighted by atomic mass is 32.1. The van der Waals surface area contributed by atoms with Gasteiger partial charge >= 0.3 is 4.87 Å². The molecule has 0 radical (unpaired) electrons. The molecule has 0 aliphatic heterocycles. The normalized spacial score (nSPS) is 20.2. The monoisotopic (exact) mass is 312 g/mol. The van der Waals surface area contributed by atoms with E-state index >= 15 is 0 Å². The second-order valence-corrected chi connectivity index (χ2v) is 7.72. The summed E-state index contributed by atoms with van der Waals surface area (Å²) in [4.78, 5) is 23.4. The van der Waals surface area contributed by atoms with Crippen LogP contribution in [0.2, 0.25) is 0 Å². The number of carbonyl (C=O) groups excluding carboxylic acids is 1. The predicted octanol–water partition coefficient (Wildman–Crippen LogP) is 1.67. The van der Waals surface area contributed by atoms with Gasteiger partial charge < -0.3 is 10.4 Å². The third kappa shape index (κ3) is 4.17. The van der Waals surface area contributed by atoms with Gasteiger partial charge in [-0.05, 0) is 38.0 Å². The molecule has 1 aliphatic rings. The van der Waals surface area contributed by atoms with Crippen molar-refractivity contribution < 1.29 is 9.90 Å². The Hall–Kier alpha value is -1.14. The van der Waals surface area contributed by atoms with E-state index in [-0.39, 0.29) is 29.3 Å². The van der Waals surface area contributed by atoms with Crippen molar-refractivity contribution in [2.24, 2.45) is 5.41 Å². The van der Waals surface area contributed by atoms with Crippen molar-refractivity contribution >= 4 is 17.2 Å². The smallest absolute Gasteiger partial charge is 0.307 e. The summed E-state index contributed by atoms with van der Waals surface area (Å²) in [6.45, 7) is 6.51. The fourth-order valence-corrected chi connectivity index (χ4v) is 3.36. The van der Waals surface area contributed by atoms with E-state index in [1.54, 1.807) is 5.38 Å². The fraction of sp³-hybridized carbons (Fsp3) is 0.733. The topological polar surface area (TPSA) is 71.3 Å². The molecule has 1 aromatic heterocycles. The summed E-state index contributed by atoms with van der Waals surface area (Å²) in [6.07, 6.45) is 3.33. The number of aromatic nitrogens is 1. The van der Waals surface area contributed by atoms with Crippen LogP contribution in [0, 0.1) is 12.3 Å². The summed E-state index contributed by atoms with van der Waals surface area (Å²) >= 11 is 1.10. The molecule has 6 heteroatoms. The maximum absolute atomic E-state index is 11.9. The van der Waals surface area contributed by atoms with Crippen LogP contribution in [-0.2, 0) is 11.3 Å². The zero-order valence-corrected chi connectivity index (χ0v) is 13.8. The predicted molar refractivity (Wildman–Crippen MR) is 83.5 cm³/mol. The van der Waals surface area contributed by atoms with Crippen LogP contribution in [0.4, 0.5) is 0 Å². The maximum Gasteiger partial charge on any atom is 0.307 e. The van der Waals surface area contributed by atoms with Gasteiger partial charge in [0.15, 0.2) is 0 Å². The van der Waals surface area contributed by atoms with Crippen LogP contribution >= 0.6 is 11.3 Å². The number of nitrogens with zero attached hydrogens (tertiary/aromatic N) is 1. The summed E-state index contributed by atoms with van der Waals surface area (Å²) in [5.41, 5.74) is 0.259. The Morgan fingerprint density at radius 1 is 1.38 bits per heavy atom. The Kier molecular flexibility index (Phi) is 4.58. The van der Waals surface area contributed by atoms with Crippen LogP contribution in [0.3, 0.4) is 0 Å². The van der Waals surface area contributed by atoms with E-state index in [1.807, 2.05) is 6.92 Å². The van der Waals surface area contributed by atoms with Crippen LogP contribution in [0.1, 0.15) is 45.2 Å². The van der Waals surface area contributed by atoms with Crippen LogP contribution in [0.25, 0.3) is 0 Å². The lowest BCUT2D eigenvalue weighted by atomic mass is 9.71. The highest BCUT2D eigenvalue weighted by molar-refractivity contribution is 7.07. The summed E-state index contributed by atoms with van der Waals surface area (Å²) < 4.78 is 1.45. The molecule has 118 valence electrons.